The van der Waals surface area contributed by atoms with Gasteiger partial charge in [-0.3, -0.25) is 10.1 Å². The van der Waals surface area contributed by atoms with Gasteiger partial charge in [0.15, 0.2) is 11.5 Å². The maximum Gasteiger partial charge on any atom is 0.181 e. The van der Waals surface area contributed by atoms with Crippen molar-refractivity contribution in [1.82, 2.24) is 30.1 Å². The van der Waals surface area contributed by atoms with Crippen molar-refractivity contribution >= 4 is 27.8 Å². The molecule has 8 heteroatoms. The number of rotatable bonds is 6. The van der Waals surface area contributed by atoms with Crippen LogP contribution in [-0.2, 0) is 0 Å². The zero-order valence-electron chi connectivity index (χ0n) is 20.7. The number of hydrogen-bond acceptors (Lipinski definition) is 5. The molecule has 1 fully saturated rings. The number of aromatic nitrogens is 6. The SMILES string of the molecule is Fc1cccc(-c2cccc3[nH]c(-c4[nH]nc5ncc(-c6cncc(NCC7CCCC7)c6)cc45)nc23)c1. The quantitative estimate of drug-likeness (QED) is 0.228. The molecule has 0 spiro atoms. The summed E-state index contributed by atoms with van der Waals surface area (Å²) in [7, 11) is 0. The summed E-state index contributed by atoms with van der Waals surface area (Å²) < 4.78 is 13.9. The van der Waals surface area contributed by atoms with E-state index in [0.717, 1.165) is 62.5 Å². The minimum atomic E-state index is -0.277. The lowest BCUT2D eigenvalue weighted by molar-refractivity contribution is 0.580. The highest BCUT2D eigenvalue weighted by Gasteiger charge is 2.17. The van der Waals surface area contributed by atoms with Crippen molar-refractivity contribution in [2.75, 3.05) is 11.9 Å². The van der Waals surface area contributed by atoms with Crippen LogP contribution in [0.25, 0.3) is 55.8 Å². The van der Waals surface area contributed by atoms with Crippen LogP contribution in [0.1, 0.15) is 25.7 Å². The van der Waals surface area contributed by atoms with Crippen LogP contribution < -0.4 is 5.32 Å². The predicted octanol–water partition coefficient (Wildman–Crippen LogP) is 6.97. The fraction of sp³-hybridized carbons (Fsp3) is 0.200. The third-order valence-electron chi connectivity index (χ3n) is 7.44. The largest absolute Gasteiger partial charge is 0.384 e. The Bertz CT molecular complexity index is 1760. The van der Waals surface area contributed by atoms with Crippen LogP contribution in [0.4, 0.5) is 10.1 Å². The summed E-state index contributed by atoms with van der Waals surface area (Å²) in [5.74, 6) is 1.12. The third kappa shape index (κ3) is 4.18. The Morgan fingerprint density at radius 3 is 2.68 bits per heavy atom. The van der Waals surface area contributed by atoms with Crippen LogP contribution in [0.2, 0.25) is 0 Å². The van der Waals surface area contributed by atoms with Gasteiger partial charge < -0.3 is 10.3 Å². The fourth-order valence-corrected chi connectivity index (χ4v) is 5.45. The molecule has 0 bridgehead atoms. The highest BCUT2D eigenvalue weighted by atomic mass is 19.1. The van der Waals surface area contributed by atoms with Crippen LogP contribution in [0.3, 0.4) is 0 Å². The van der Waals surface area contributed by atoms with Crippen molar-refractivity contribution in [3.8, 4) is 33.8 Å². The van der Waals surface area contributed by atoms with Crippen molar-refractivity contribution < 1.29 is 4.39 Å². The normalized spacial score (nSPS) is 14.0. The maximum absolute atomic E-state index is 13.9. The van der Waals surface area contributed by atoms with E-state index < -0.39 is 0 Å². The van der Waals surface area contributed by atoms with Crippen LogP contribution in [0.15, 0.2) is 73.2 Å². The van der Waals surface area contributed by atoms with Gasteiger partial charge >= 0.3 is 0 Å². The third-order valence-corrected chi connectivity index (χ3v) is 7.44. The lowest BCUT2D eigenvalue weighted by atomic mass is 10.0. The summed E-state index contributed by atoms with van der Waals surface area (Å²) in [6.07, 6.45) is 10.8. The molecule has 0 radical (unpaired) electrons. The maximum atomic E-state index is 13.9. The van der Waals surface area contributed by atoms with Gasteiger partial charge in [0.05, 0.1) is 22.1 Å². The first-order valence-electron chi connectivity index (χ1n) is 13.0. The molecule has 38 heavy (non-hydrogen) atoms. The molecule has 0 amide bonds. The van der Waals surface area contributed by atoms with Gasteiger partial charge in [0, 0.05) is 41.8 Å². The number of benzene rings is 2. The molecule has 6 aromatic rings. The number of aromatic amines is 2. The second-order valence-corrected chi connectivity index (χ2v) is 9.98. The molecule has 0 aliphatic heterocycles. The topological polar surface area (TPSA) is 95.2 Å². The summed E-state index contributed by atoms with van der Waals surface area (Å²) in [4.78, 5) is 17.4. The van der Waals surface area contributed by atoms with Gasteiger partial charge in [-0.2, -0.15) is 5.10 Å². The molecule has 1 aliphatic carbocycles. The Labute approximate surface area is 218 Å². The zero-order valence-corrected chi connectivity index (χ0v) is 20.7. The molecule has 7 rings (SSSR count). The van der Waals surface area contributed by atoms with Crippen molar-refractivity contribution in [2.45, 2.75) is 25.7 Å². The first-order chi connectivity index (χ1) is 18.7. The average Bonchev–Trinajstić information content (AvgIpc) is 3.71. The van der Waals surface area contributed by atoms with E-state index in [2.05, 4.69) is 42.6 Å². The van der Waals surface area contributed by atoms with Gasteiger partial charge in [0.1, 0.15) is 11.5 Å². The molecule has 3 N–H and O–H groups in total. The Balaban J connectivity index is 1.24. The molecule has 188 valence electrons. The number of pyridine rings is 2. The van der Waals surface area contributed by atoms with Crippen LogP contribution in [-0.4, -0.2) is 36.7 Å². The molecule has 7 nitrogen and oxygen atoms in total. The number of fused-ring (bicyclic) bond motifs is 2. The number of nitrogens with one attached hydrogen (secondary N) is 3. The van der Waals surface area contributed by atoms with E-state index in [9.17, 15) is 4.39 Å². The smallest absolute Gasteiger partial charge is 0.181 e. The molecular formula is C30H26FN7. The Hall–Kier alpha value is -4.59. The summed E-state index contributed by atoms with van der Waals surface area (Å²) in [6.45, 7) is 0.984. The molecule has 1 saturated carbocycles. The van der Waals surface area contributed by atoms with E-state index in [-0.39, 0.29) is 5.82 Å². The number of hydrogen-bond donors (Lipinski definition) is 3. The molecule has 2 aromatic carbocycles. The number of anilines is 1. The Morgan fingerprint density at radius 1 is 0.921 bits per heavy atom. The highest BCUT2D eigenvalue weighted by Crippen LogP contribution is 2.33. The van der Waals surface area contributed by atoms with E-state index in [4.69, 9.17) is 4.98 Å². The molecule has 4 aromatic heterocycles. The van der Waals surface area contributed by atoms with Gasteiger partial charge in [-0.1, -0.05) is 37.1 Å². The second kappa shape index (κ2) is 9.37. The minimum absolute atomic E-state index is 0.277. The van der Waals surface area contributed by atoms with Gasteiger partial charge in [0.25, 0.3) is 0 Å². The Morgan fingerprint density at radius 2 is 1.79 bits per heavy atom. The van der Waals surface area contributed by atoms with Crippen molar-refractivity contribution in [3.63, 3.8) is 0 Å². The van der Waals surface area contributed by atoms with E-state index >= 15 is 0 Å². The number of imidazole rings is 1. The summed E-state index contributed by atoms with van der Waals surface area (Å²) in [5.41, 5.74) is 7.58. The number of halogens is 1. The standard InChI is InChI=1S/C30H26FN7/c31-22-8-3-7-19(11-22)24-9-4-10-26-27(24)36-30(35-26)28-25-13-21(16-34-29(25)38-37-28)20-12-23(17-32-15-20)33-14-18-5-1-2-6-18/h3-4,7-13,15-18,33H,1-2,5-6,14H2,(H,35,36)(H,34,37,38). The second-order valence-electron chi connectivity index (χ2n) is 9.98. The Kier molecular flexibility index (Phi) is 5.57. The van der Waals surface area contributed by atoms with E-state index in [0.29, 0.717) is 11.5 Å². The number of H-pyrrole nitrogens is 2. The van der Waals surface area contributed by atoms with E-state index in [1.807, 2.05) is 42.9 Å². The molecular weight excluding hydrogens is 477 g/mol. The lowest BCUT2D eigenvalue weighted by Gasteiger charge is -2.12. The zero-order chi connectivity index (χ0) is 25.5. The van der Waals surface area contributed by atoms with Crippen molar-refractivity contribution in [3.05, 3.63) is 79.0 Å². The van der Waals surface area contributed by atoms with Crippen LogP contribution in [0, 0.1) is 11.7 Å². The number of para-hydroxylation sites is 1. The first-order valence-corrected chi connectivity index (χ1v) is 13.0. The summed E-state index contributed by atoms with van der Waals surface area (Å²) in [6, 6.07) is 16.6. The molecule has 0 saturated heterocycles. The predicted molar refractivity (Wildman–Crippen MR) is 148 cm³/mol. The fourth-order valence-electron chi connectivity index (χ4n) is 5.45. The lowest BCUT2D eigenvalue weighted by Crippen LogP contribution is -2.11. The molecule has 1 aliphatic rings. The van der Waals surface area contributed by atoms with Gasteiger partial charge in [-0.25, -0.2) is 14.4 Å². The molecule has 0 atom stereocenters. The van der Waals surface area contributed by atoms with Crippen molar-refractivity contribution in [2.24, 2.45) is 5.92 Å². The van der Waals surface area contributed by atoms with E-state index in [1.54, 1.807) is 6.07 Å². The first kappa shape index (κ1) is 22.6. The van der Waals surface area contributed by atoms with Crippen molar-refractivity contribution in [1.29, 1.82) is 0 Å². The van der Waals surface area contributed by atoms with E-state index in [1.165, 1.54) is 37.8 Å². The summed E-state index contributed by atoms with van der Waals surface area (Å²) >= 11 is 0. The molecule has 0 unspecified atom stereocenters. The van der Waals surface area contributed by atoms with Gasteiger partial charge in [-0.05, 0) is 54.7 Å². The minimum Gasteiger partial charge on any atom is -0.384 e. The van der Waals surface area contributed by atoms with Gasteiger partial charge in [0.2, 0.25) is 0 Å². The monoisotopic (exact) mass is 503 g/mol. The highest BCUT2D eigenvalue weighted by molar-refractivity contribution is 5.97. The van der Waals surface area contributed by atoms with Crippen LogP contribution in [0.5, 0.6) is 0 Å². The van der Waals surface area contributed by atoms with Gasteiger partial charge in [-0.15, -0.1) is 0 Å². The summed E-state index contributed by atoms with van der Waals surface area (Å²) in [5, 5.41) is 11.9. The number of nitrogens with zero attached hydrogens (tertiary/aromatic N) is 4. The molecule has 4 heterocycles. The van der Waals surface area contributed by atoms with Crippen LogP contribution >= 0.6 is 0 Å². The average molecular weight is 504 g/mol.